The summed E-state index contributed by atoms with van der Waals surface area (Å²) in [6, 6.07) is 7.46. The summed E-state index contributed by atoms with van der Waals surface area (Å²) in [7, 11) is 1.83. The van der Waals surface area contributed by atoms with Crippen molar-refractivity contribution in [2.75, 3.05) is 11.9 Å². The summed E-state index contributed by atoms with van der Waals surface area (Å²) >= 11 is 1.97. The van der Waals surface area contributed by atoms with Crippen molar-refractivity contribution in [2.24, 2.45) is 5.73 Å². The SMILES string of the molecule is CN1c2ccccc2C(=O)[C@@]1(N)I. The molecule has 13 heavy (non-hydrogen) atoms. The van der Waals surface area contributed by atoms with Crippen molar-refractivity contribution in [2.45, 2.75) is 3.67 Å². The Morgan fingerprint density at radius 1 is 1.46 bits per heavy atom. The summed E-state index contributed by atoms with van der Waals surface area (Å²) in [6.45, 7) is 0. The Kier molecular flexibility index (Phi) is 1.85. The van der Waals surface area contributed by atoms with Crippen LogP contribution in [0.15, 0.2) is 24.3 Å². The largest absolute Gasteiger partial charge is 0.341 e. The van der Waals surface area contributed by atoms with Crippen LogP contribution in [0, 0.1) is 0 Å². The number of likely N-dealkylation sites (N-methyl/N-ethyl adjacent to an activating group) is 1. The molecule has 0 spiro atoms. The van der Waals surface area contributed by atoms with Gasteiger partial charge in [-0.25, -0.2) is 0 Å². The van der Waals surface area contributed by atoms with Crippen LogP contribution < -0.4 is 10.6 Å². The Bertz CT molecular complexity index is 376. The van der Waals surface area contributed by atoms with Crippen LogP contribution in [-0.2, 0) is 0 Å². The van der Waals surface area contributed by atoms with Crippen molar-refractivity contribution in [1.82, 2.24) is 0 Å². The third-order valence-electron chi connectivity index (χ3n) is 2.32. The smallest absolute Gasteiger partial charge is 0.215 e. The van der Waals surface area contributed by atoms with Gasteiger partial charge in [-0.1, -0.05) is 12.1 Å². The molecule has 4 heteroatoms. The first-order valence-electron chi connectivity index (χ1n) is 3.90. The van der Waals surface area contributed by atoms with Gasteiger partial charge in [-0.2, -0.15) is 0 Å². The molecule has 0 saturated carbocycles. The van der Waals surface area contributed by atoms with Crippen LogP contribution in [0.25, 0.3) is 0 Å². The monoisotopic (exact) mass is 288 g/mol. The standard InChI is InChI=1S/C9H9IN2O/c1-12-7-5-3-2-4-6(7)8(13)9(12,10)11/h2-5H,11H2,1H3/t9-/m0/s1. The first-order valence-corrected chi connectivity index (χ1v) is 4.98. The van der Waals surface area contributed by atoms with E-state index >= 15 is 0 Å². The molecule has 0 amide bonds. The molecular weight excluding hydrogens is 279 g/mol. The fourth-order valence-electron chi connectivity index (χ4n) is 1.47. The normalized spacial score (nSPS) is 26.4. The number of halogens is 1. The lowest BCUT2D eigenvalue weighted by Gasteiger charge is -2.25. The first-order chi connectivity index (χ1) is 6.05. The van der Waals surface area contributed by atoms with Crippen molar-refractivity contribution in [3.63, 3.8) is 0 Å². The minimum atomic E-state index is -0.915. The Hall–Kier alpha value is -0.620. The molecule has 1 aliphatic heterocycles. The molecule has 68 valence electrons. The fourth-order valence-corrected chi connectivity index (χ4v) is 2.03. The van der Waals surface area contributed by atoms with Crippen LogP contribution >= 0.6 is 22.6 Å². The number of carbonyl (C=O) groups is 1. The minimum Gasteiger partial charge on any atom is -0.341 e. The van der Waals surface area contributed by atoms with Gasteiger partial charge in [-0.3, -0.25) is 10.5 Å². The Labute approximate surface area is 90.0 Å². The highest BCUT2D eigenvalue weighted by atomic mass is 127. The van der Waals surface area contributed by atoms with Gasteiger partial charge in [0.05, 0.1) is 0 Å². The topological polar surface area (TPSA) is 46.3 Å². The molecule has 1 aliphatic rings. The van der Waals surface area contributed by atoms with E-state index in [-0.39, 0.29) is 5.78 Å². The highest BCUT2D eigenvalue weighted by Gasteiger charge is 2.44. The zero-order chi connectivity index (χ0) is 9.64. The third-order valence-corrected chi connectivity index (χ3v) is 3.53. The van der Waals surface area contributed by atoms with Gasteiger partial charge in [0.15, 0.2) is 0 Å². The lowest BCUT2D eigenvalue weighted by atomic mass is 10.1. The van der Waals surface area contributed by atoms with Crippen LogP contribution in [-0.4, -0.2) is 16.5 Å². The summed E-state index contributed by atoms with van der Waals surface area (Å²) in [5.41, 5.74) is 7.50. The van der Waals surface area contributed by atoms with Crippen LogP contribution in [0.3, 0.4) is 0 Å². The molecule has 0 saturated heterocycles. The lowest BCUT2D eigenvalue weighted by Crippen LogP contribution is -2.50. The average Bonchev–Trinajstić information content (AvgIpc) is 2.30. The minimum absolute atomic E-state index is 0.0220. The van der Waals surface area contributed by atoms with E-state index in [0.29, 0.717) is 5.56 Å². The van der Waals surface area contributed by atoms with Crippen molar-refractivity contribution < 1.29 is 4.79 Å². The van der Waals surface area contributed by atoms with Gasteiger partial charge in [0.1, 0.15) is 0 Å². The molecule has 0 radical (unpaired) electrons. The number of fused-ring (bicyclic) bond motifs is 1. The van der Waals surface area contributed by atoms with Crippen LogP contribution in [0.4, 0.5) is 5.69 Å². The summed E-state index contributed by atoms with van der Waals surface area (Å²) in [4.78, 5) is 13.6. The maximum atomic E-state index is 11.8. The molecule has 0 fully saturated rings. The van der Waals surface area contributed by atoms with Crippen molar-refractivity contribution >= 4 is 34.1 Å². The van der Waals surface area contributed by atoms with Crippen LogP contribution in [0.5, 0.6) is 0 Å². The van der Waals surface area contributed by atoms with Gasteiger partial charge in [-0.15, -0.1) is 0 Å². The number of hydrogen-bond acceptors (Lipinski definition) is 3. The van der Waals surface area contributed by atoms with E-state index in [1.165, 1.54) is 0 Å². The summed E-state index contributed by atoms with van der Waals surface area (Å²) < 4.78 is -0.915. The van der Waals surface area contributed by atoms with Crippen molar-refractivity contribution in [1.29, 1.82) is 0 Å². The number of para-hydroxylation sites is 1. The Morgan fingerprint density at radius 2 is 2.08 bits per heavy atom. The maximum Gasteiger partial charge on any atom is 0.215 e. The number of rotatable bonds is 0. The van der Waals surface area contributed by atoms with Gasteiger partial charge >= 0.3 is 0 Å². The number of anilines is 1. The maximum absolute atomic E-state index is 11.8. The number of hydrogen-bond donors (Lipinski definition) is 1. The van der Waals surface area contributed by atoms with Gasteiger partial charge in [0, 0.05) is 18.3 Å². The number of Topliss-reactive ketones (excluding diaryl/α,β-unsaturated/α-hetero) is 1. The number of carbonyl (C=O) groups excluding carboxylic acids is 1. The van der Waals surface area contributed by atoms with Gasteiger partial charge in [0.2, 0.25) is 9.45 Å². The van der Waals surface area contributed by atoms with Crippen LogP contribution in [0.1, 0.15) is 10.4 Å². The average molecular weight is 288 g/mol. The van der Waals surface area contributed by atoms with E-state index in [9.17, 15) is 4.79 Å². The molecule has 0 aromatic heterocycles. The summed E-state index contributed by atoms with van der Waals surface area (Å²) in [5, 5.41) is 0. The van der Waals surface area contributed by atoms with Crippen LogP contribution in [0.2, 0.25) is 0 Å². The molecule has 1 aromatic carbocycles. The number of ketones is 1. The molecule has 3 nitrogen and oxygen atoms in total. The van der Waals surface area contributed by atoms with Gasteiger partial charge < -0.3 is 4.90 Å². The molecule has 2 N–H and O–H groups in total. The Balaban J connectivity index is 2.64. The van der Waals surface area contributed by atoms with Gasteiger partial charge in [0.25, 0.3) is 0 Å². The molecule has 1 atom stereocenters. The van der Waals surface area contributed by atoms with E-state index in [2.05, 4.69) is 0 Å². The molecule has 0 unspecified atom stereocenters. The summed E-state index contributed by atoms with van der Waals surface area (Å²) in [6.07, 6.45) is 0. The van der Waals surface area contributed by atoms with Crippen molar-refractivity contribution in [3.8, 4) is 0 Å². The quantitative estimate of drug-likeness (QED) is 0.445. The van der Waals surface area contributed by atoms with Crippen molar-refractivity contribution in [3.05, 3.63) is 29.8 Å². The molecule has 0 bridgehead atoms. The molecule has 0 aliphatic carbocycles. The predicted octanol–water partition coefficient (Wildman–Crippen LogP) is 1.37. The third kappa shape index (κ3) is 1.08. The number of benzene rings is 1. The number of nitrogens with zero attached hydrogens (tertiary/aromatic N) is 1. The molecule has 2 rings (SSSR count). The highest BCUT2D eigenvalue weighted by Crippen LogP contribution is 2.37. The van der Waals surface area contributed by atoms with Gasteiger partial charge in [-0.05, 0) is 34.7 Å². The number of nitrogens with two attached hydrogens (primary N) is 1. The van der Waals surface area contributed by atoms with E-state index < -0.39 is 3.67 Å². The second-order valence-electron chi connectivity index (χ2n) is 3.08. The molecule has 1 aromatic rings. The summed E-state index contributed by atoms with van der Waals surface area (Å²) in [5.74, 6) is -0.0220. The second-order valence-corrected chi connectivity index (χ2v) is 4.72. The predicted molar refractivity (Wildman–Crippen MR) is 60.1 cm³/mol. The van der Waals surface area contributed by atoms with E-state index in [1.807, 2.05) is 47.8 Å². The van der Waals surface area contributed by atoms with E-state index in [1.54, 1.807) is 11.0 Å². The zero-order valence-corrected chi connectivity index (χ0v) is 9.28. The highest BCUT2D eigenvalue weighted by molar-refractivity contribution is 14.1. The fraction of sp³-hybridized carbons (Fsp3) is 0.222. The lowest BCUT2D eigenvalue weighted by molar-refractivity contribution is 0.0967. The second kappa shape index (κ2) is 2.68. The van der Waals surface area contributed by atoms with E-state index in [4.69, 9.17) is 5.73 Å². The molecular formula is C9H9IN2O. The molecule has 1 heterocycles. The first kappa shape index (κ1) is 8.96. The number of alkyl halides is 1. The van der Waals surface area contributed by atoms with E-state index in [0.717, 1.165) is 5.69 Å². The Morgan fingerprint density at radius 3 is 2.69 bits per heavy atom. The zero-order valence-electron chi connectivity index (χ0n) is 7.12.